The second kappa shape index (κ2) is 11.0. The summed E-state index contributed by atoms with van der Waals surface area (Å²) in [5.74, 6) is 0.523. The first-order valence-corrected chi connectivity index (χ1v) is 12.5. The number of para-hydroxylation sites is 1. The lowest BCUT2D eigenvalue weighted by atomic mass is 9.95. The topological polar surface area (TPSA) is 148 Å². The van der Waals surface area contributed by atoms with Crippen molar-refractivity contribution in [2.75, 3.05) is 21.3 Å². The van der Waals surface area contributed by atoms with Crippen LogP contribution in [0.2, 0.25) is 0 Å². The monoisotopic (exact) mass is 560 g/mol. The van der Waals surface area contributed by atoms with Crippen molar-refractivity contribution in [2.45, 2.75) is 19.6 Å². The molecule has 0 fully saturated rings. The zero-order valence-electron chi connectivity index (χ0n) is 23.0. The Balaban J connectivity index is 1.52. The molecule has 0 saturated carbocycles. The number of nitrogens with zero attached hydrogens (tertiary/aromatic N) is 4. The molecule has 212 valence electrons. The lowest BCUT2D eigenvalue weighted by Crippen LogP contribution is -2.45. The average Bonchev–Trinajstić information content (AvgIpc) is 3.41. The molecule has 5 rings (SSSR count). The van der Waals surface area contributed by atoms with E-state index in [0.29, 0.717) is 28.1 Å². The molecule has 1 unspecified atom stereocenters. The Bertz CT molecular complexity index is 1720. The van der Waals surface area contributed by atoms with Crippen molar-refractivity contribution in [1.29, 1.82) is 0 Å². The smallest absolute Gasteiger partial charge is 0.337 e. The van der Waals surface area contributed by atoms with Gasteiger partial charge < -0.3 is 29.6 Å². The summed E-state index contributed by atoms with van der Waals surface area (Å²) < 4.78 is 25.3. The highest BCUT2D eigenvalue weighted by molar-refractivity contribution is 5.95. The molecule has 4 aromatic rings. The number of rotatable bonds is 8. The summed E-state index contributed by atoms with van der Waals surface area (Å²) in [7, 11) is 5.77. The van der Waals surface area contributed by atoms with E-state index in [2.05, 4.69) is 20.7 Å². The summed E-state index contributed by atoms with van der Waals surface area (Å²) in [6.45, 7) is 1.51. The first-order valence-electron chi connectivity index (χ1n) is 12.5. The molecule has 2 N–H and O–H groups in total. The van der Waals surface area contributed by atoms with Crippen LogP contribution in [0, 0.1) is 0 Å². The number of carbonyl (C=O) groups is 2. The van der Waals surface area contributed by atoms with Crippen LogP contribution in [0.5, 0.6) is 17.2 Å². The highest BCUT2D eigenvalue weighted by Gasteiger charge is 2.33. The van der Waals surface area contributed by atoms with Crippen LogP contribution in [-0.2, 0) is 23.2 Å². The molecule has 13 nitrogen and oxygen atoms in total. The molecule has 1 atom stereocenters. The maximum atomic E-state index is 13.1. The Kier molecular flexibility index (Phi) is 7.34. The zero-order chi connectivity index (χ0) is 29.3. The van der Waals surface area contributed by atoms with Gasteiger partial charge in [0.05, 0.1) is 44.8 Å². The van der Waals surface area contributed by atoms with Crippen LogP contribution in [0.1, 0.15) is 24.4 Å². The molecule has 0 radical (unpaired) electrons. The van der Waals surface area contributed by atoms with Gasteiger partial charge in [-0.15, -0.1) is 0 Å². The van der Waals surface area contributed by atoms with E-state index in [1.807, 2.05) is 30.3 Å². The summed E-state index contributed by atoms with van der Waals surface area (Å²) in [5, 5.41) is 10.1. The second-order valence-electron chi connectivity index (χ2n) is 9.13. The summed E-state index contributed by atoms with van der Waals surface area (Å²) in [6.07, 6.45) is 1.49. The number of allylic oxidation sites excluding steroid dienone is 1. The number of esters is 1. The minimum atomic E-state index is -0.837. The van der Waals surface area contributed by atoms with Crippen LogP contribution in [-0.4, -0.2) is 52.7 Å². The van der Waals surface area contributed by atoms with Crippen LogP contribution in [0.15, 0.2) is 64.7 Å². The Morgan fingerprint density at radius 2 is 1.73 bits per heavy atom. The van der Waals surface area contributed by atoms with Crippen molar-refractivity contribution >= 4 is 23.0 Å². The van der Waals surface area contributed by atoms with Crippen molar-refractivity contribution in [3.05, 3.63) is 81.7 Å². The minimum Gasteiger partial charge on any atom is -0.493 e. The first kappa shape index (κ1) is 27.2. The van der Waals surface area contributed by atoms with E-state index in [0.717, 1.165) is 5.69 Å². The standard InChI is InChI=1S/C28H28N6O7/c1-15-22(27(36)40-5)23(32-28(37)30-15)16-11-19(38-3)24(20(12-16)39-4)41-14-21-31-25-18(26(35)33(21)2)13-29-34(25)17-9-7-6-8-10-17/h6-13,23H,14H2,1-5H3,(H2,30,32,37). The number of amides is 2. The van der Waals surface area contributed by atoms with Gasteiger partial charge in [0.2, 0.25) is 5.75 Å². The number of benzene rings is 2. The molecule has 2 amide bonds. The van der Waals surface area contributed by atoms with E-state index in [4.69, 9.17) is 18.9 Å². The Morgan fingerprint density at radius 3 is 2.37 bits per heavy atom. The summed E-state index contributed by atoms with van der Waals surface area (Å²) in [6, 6.07) is 11.3. The fourth-order valence-electron chi connectivity index (χ4n) is 4.65. The van der Waals surface area contributed by atoms with E-state index in [1.54, 1.807) is 30.8 Å². The van der Waals surface area contributed by atoms with E-state index in [-0.39, 0.29) is 35.0 Å². The number of methoxy groups -OCH3 is 3. The summed E-state index contributed by atoms with van der Waals surface area (Å²) in [4.78, 5) is 42.6. The third-order valence-corrected chi connectivity index (χ3v) is 6.74. The van der Waals surface area contributed by atoms with Crippen molar-refractivity contribution in [3.63, 3.8) is 0 Å². The third kappa shape index (κ3) is 4.93. The normalized spacial score (nSPS) is 14.9. The predicted molar refractivity (Wildman–Crippen MR) is 147 cm³/mol. The van der Waals surface area contributed by atoms with Gasteiger partial charge in [-0.05, 0) is 36.8 Å². The number of carbonyl (C=O) groups excluding carboxylic acids is 2. The van der Waals surface area contributed by atoms with Crippen LogP contribution in [0.25, 0.3) is 16.7 Å². The largest absolute Gasteiger partial charge is 0.493 e. The number of urea groups is 1. The van der Waals surface area contributed by atoms with Crippen molar-refractivity contribution in [2.24, 2.45) is 7.05 Å². The van der Waals surface area contributed by atoms with Gasteiger partial charge in [0.25, 0.3) is 5.56 Å². The van der Waals surface area contributed by atoms with Gasteiger partial charge in [-0.3, -0.25) is 9.36 Å². The molecule has 3 heterocycles. The van der Waals surface area contributed by atoms with Crippen molar-refractivity contribution in [1.82, 2.24) is 30.0 Å². The van der Waals surface area contributed by atoms with E-state index < -0.39 is 18.0 Å². The molecule has 2 aromatic carbocycles. The molecular formula is C28H28N6O7. The first-order chi connectivity index (χ1) is 19.8. The number of hydrogen-bond donors (Lipinski definition) is 2. The molecule has 1 aliphatic rings. The maximum Gasteiger partial charge on any atom is 0.337 e. The number of fused-ring (bicyclic) bond motifs is 1. The molecule has 0 saturated heterocycles. The van der Waals surface area contributed by atoms with Gasteiger partial charge in [0, 0.05) is 12.7 Å². The number of hydrogen-bond acceptors (Lipinski definition) is 9. The van der Waals surface area contributed by atoms with Crippen molar-refractivity contribution < 1.29 is 28.5 Å². The Morgan fingerprint density at radius 1 is 1.05 bits per heavy atom. The fourth-order valence-corrected chi connectivity index (χ4v) is 4.65. The van der Waals surface area contributed by atoms with Gasteiger partial charge in [0.15, 0.2) is 23.0 Å². The highest BCUT2D eigenvalue weighted by Crippen LogP contribution is 2.42. The maximum absolute atomic E-state index is 13.1. The van der Waals surface area contributed by atoms with Crippen LogP contribution < -0.4 is 30.4 Å². The molecule has 0 bridgehead atoms. The molecule has 13 heteroatoms. The molecule has 1 aliphatic heterocycles. The average molecular weight is 561 g/mol. The molecular weight excluding hydrogens is 532 g/mol. The van der Waals surface area contributed by atoms with E-state index in [1.165, 1.54) is 32.1 Å². The molecule has 0 spiro atoms. The Labute approximate surface area is 234 Å². The number of ether oxygens (including phenoxy) is 4. The van der Waals surface area contributed by atoms with Crippen LogP contribution in [0.4, 0.5) is 4.79 Å². The third-order valence-electron chi connectivity index (χ3n) is 6.74. The molecule has 2 aromatic heterocycles. The zero-order valence-corrected chi connectivity index (χ0v) is 23.0. The molecule has 0 aliphatic carbocycles. The minimum absolute atomic E-state index is 0.107. The van der Waals surface area contributed by atoms with E-state index in [9.17, 15) is 14.4 Å². The number of nitrogens with one attached hydrogen (secondary N) is 2. The number of aromatic nitrogens is 4. The van der Waals surface area contributed by atoms with Crippen LogP contribution >= 0.6 is 0 Å². The van der Waals surface area contributed by atoms with Crippen molar-refractivity contribution in [3.8, 4) is 22.9 Å². The van der Waals surface area contributed by atoms with Gasteiger partial charge in [-0.1, -0.05) is 18.2 Å². The Hall–Kier alpha value is -5.33. The van der Waals surface area contributed by atoms with E-state index >= 15 is 0 Å². The quantitative estimate of drug-likeness (QED) is 0.310. The van der Waals surface area contributed by atoms with Gasteiger partial charge in [-0.25, -0.2) is 19.3 Å². The van der Waals surface area contributed by atoms with Crippen LogP contribution in [0.3, 0.4) is 0 Å². The fraction of sp³-hybridized carbons (Fsp3) is 0.250. The highest BCUT2D eigenvalue weighted by atomic mass is 16.5. The lowest BCUT2D eigenvalue weighted by Gasteiger charge is -2.28. The summed E-state index contributed by atoms with van der Waals surface area (Å²) in [5.41, 5.74) is 1.97. The van der Waals surface area contributed by atoms with Gasteiger partial charge in [0.1, 0.15) is 12.0 Å². The van der Waals surface area contributed by atoms with Gasteiger partial charge in [-0.2, -0.15) is 5.10 Å². The SMILES string of the molecule is COC(=O)C1=C(C)NC(=O)NC1c1cc(OC)c(OCc2nc3c(cnn3-c3ccccc3)c(=O)n2C)c(OC)c1. The molecule has 41 heavy (non-hydrogen) atoms. The summed E-state index contributed by atoms with van der Waals surface area (Å²) >= 11 is 0. The van der Waals surface area contributed by atoms with Gasteiger partial charge >= 0.3 is 12.0 Å². The second-order valence-corrected chi connectivity index (χ2v) is 9.13. The predicted octanol–water partition coefficient (Wildman–Crippen LogP) is 2.52. The lowest BCUT2D eigenvalue weighted by molar-refractivity contribution is -0.136.